The number of carbonyl (C=O) groups is 1. The van der Waals surface area contributed by atoms with E-state index in [1.54, 1.807) is 0 Å². The highest BCUT2D eigenvalue weighted by Gasteiger charge is 2.25. The maximum absolute atomic E-state index is 13.1. The number of H-pyrrole nitrogens is 1. The third kappa shape index (κ3) is 4.54. The van der Waals surface area contributed by atoms with Crippen molar-refractivity contribution in [2.45, 2.75) is 39.3 Å². The number of fused-ring (bicyclic) bond motifs is 1. The van der Waals surface area contributed by atoms with Crippen molar-refractivity contribution in [2.24, 2.45) is 0 Å². The third-order valence-electron chi connectivity index (χ3n) is 4.40. The molecule has 136 valence electrons. The van der Waals surface area contributed by atoms with Crippen LogP contribution in [0.1, 0.15) is 47.1 Å². The van der Waals surface area contributed by atoms with Crippen molar-refractivity contribution in [1.29, 1.82) is 0 Å². The van der Waals surface area contributed by atoms with E-state index in [4.69, 9.17) is 11.6 Å². The SMILES string of the molecule is CCCCN(Cc1ccccc1Cl)C(=O)c1n[nH]c2c1CNCC2.Cl. The van der Waals surface area contributed by atoms with Gasteiger partial charge >= 0.3 is 0 Å². The molecule has 0 aliphatic carbocycles. The number of hydrogen-bond donors (Lipinski definition) is 2. The van der Waals surface area contributed by atoms with Gasteiger partial charge in [-0.1, -0.05) is 43.1 Å². The predicted octanol–water partition coefficient (Wildman–Crippen LogP) is 3.57. The van der Waals surface area contributed by atoms with Gasteiger partial charge in [0, 0.05) is 48.9 Å². The van der Waals surface area contributed by atoms with Crippen molar-refractivity contribution in [1.82, 2.24) is 20.4 Å². The van der Waals surface area contributed by atoms with E-state index < -0.39 is 0 Å². The lowest BCUT2D eigenvalue weighted by Crippen LogP contribution is -2.33. The number of aromatic nitrogens is 2. The molecule has 1 aliphatic rings. The third-order valence-corrected chi connectivity index (χ3v) is 4.77. The van der Waals surface area contributed by atoms with Crippen LogP contribution in [0.2, 0.25) is 5.02 Å². The molecule has 1 amide bonds. The highest BCUT2D eigenvalue weighted by molar-refractivity contribution is 6.31. The molecule has 0 saturated heterocycles. The first-order valence-corrected chi connectivity index (χ1v) is 8.88. The summed E-state index contributed by atoms with van der Waals surface area (Å²) < 4.78 is 0. The first-order valence-electron chi connectivity index (χ1n) is 8.50. The standard InChI is InChI=1S/C18H23ClN4O.ClH/c1-2-3-10-23(12-13-6-4-5-7-15(13)19)18(24)17-14-11-20-9-8-16(14)21-22-17;/h4-7,20H,2-3,8-12H2,1H3,(H,21,22);1H. The Morgan fingerprint density at radius 3 is 2.92 bits per heavy atom. The summed E-state index contributed by atoms with van der Waals surface area (Å²) in [5.74, 6) is -0.0235. The molecule has 1 aliphatic heterocycles. The molecule has 0 unspecified atom stereocenters. The molecule has 5 nitrogen and oxygen atoms in total. The molecule has 7 heteroatoms. The van der Waals surface area contributed by atoms with Crippen LogP contribution in [-0.4, -0.2) is 34.1 Å². The van der Waals surface area contributed by atoms with E-state index >= 15 is 0 Å². The van der Waals surface area contributed by atoms with Crippen molar-refractivity contribution in [3.8, 4) is 0 Å². The maximum Gasteiger partial charge on any atom is 0.274 e. The molecule has 0 radical (unpaired) electrons. The Labute approximate surface area is 159 Å². The lowest BCUT2D eigenvalue weighted by Gasteiger charge is -2.23. The van der Waals surface area contributed by atoms with Gasteiger partial charge in [0.25, 0.3) is 5.91 Å². The molecule has 3 rings (SSSR count). The Morgan fingerprint density at radius 1 is 1.36 bits per heavy atom. The second-order valence-corrected chi connectivity index (χ2v) is 6.53. The maximum atomic E-state index is 13.1. The van der Waals surface area contributed by atoms with Crippen LogP contribution in [0.4, 0.5) is 0 Å². The number of benzene rings is 1. The molecule has 1 aromatic carbocycles. The van der Waals surface area contributed by atoms with Gasteiger partial charge in [-0.15, -0.1) is 12.4 Å². The van der Waals surface area contributed by atoms with Crippen LogP contribution in [0, 0.1) is 0 Å². The van der Waals surface area contributed by atoms with E-state index in [9.17, 15) is 4.79 Å². The normalized spacial score (nSPS) is 13.0. The minimum absolute atomic E-state index is 0. The number of nitrogens with zero attached hydrogens (tertiary/aromatic N) is 2. The van der Waals surface area contributed by atoms with Crippen molar-refractivity contribution in [2.75, 3.05) is 13.1 Å². The minimum Gasteiger partial charge on any atom is -0.333 e. The first kappa shape index (κ1) is 19.8. The number of nitrogens with one attached hydrogen (secondary N) is 2. The second-order valence-electron chi connectivity index (χ2n) is 6.13. The topological polar surface area (TPSA) is 61.0 Å². The molecule has 0 saturated carbocycles. The Balaban J connectivity index is 0.00000225. The quantitative estimate of drug-likeness (QED) is 0.802. The molecule has 1 aromatic heterocycles. The van der Waals surface area contributed by atoms with Gasteiger partial charge in [0.15, 0.2) is 5.69 Å². The summed E-state index contributed by atoms with van der Waals surface area (Å²) in [7, 11) is 0. The van der Waals surface area contributed by atoms with Crippen LogP contribution in [0.25, 0.3) is 0 Å². The van der Waals surface area contributed by atoms with E-state index in [0.717, 1.165) is 42.6 Å². The molecule has 0 fully saturated rings. The molecular formula is C18H24Cl2N4O. The Bertz CT molecular complexity index is 717. The number of aromatic amines is 1. The number of amides is 1. The van der Waals surface area contributed by atoms with Gasteiger partial charge in [0.2, 0.25) is 0 Å². The van der Waals surface area contributed by atoms with Crippen LogP contribution >= 0.6 is 24.0 Å². The zero-order chi connectivity index (χ0) is 16.9. The van der Waals surface area contributed by atoms with E-state index in [1.807, 2.05) is 29.2 Å². The Morgan fingerprint density at radius 2 is 2.16 bits per heavy atom. The fourth-order valence-electron chi connectivity index (χ4n) is 2.99. The highest BCUT2D eigenvalue weighted by atomic mass is 35.5. The van der Waals surface area contributed by atoms with Gasteiger partial charge in [0.05, 0.1) is 0 Å². The zero-order valence-electron chi connectivity index (χ0n) is 14.3. The fraction of sp³-hybridized carbons (Fsp3) is 0.444. The molecular weight excluding hydrogens is 359 g/mol. The van der Waals surface area contributed by atoms with Crippen molar-refractivity contribution < 1.29 is 4.79 Å². The molecule has 0 bridgehead atoms. The summed E-state index contributed by atoms with van der Waals surface area (Å²) in [6.07, 6.45) is 2.88. The van der Waals surface area contributed by atoms with Gasteiger partial charge in [-0.2, -0.15) is 5.10 Å². The van der Waals surface area contributed by atoms with E-state index in [2.05, 4.69) is 22.4 Å². The summed E-state index contributed by atoms with van der Waals surface area (Å²) >= 11 is 6.28. The lowest BCUT2D eigenvalue weighted by molar-refractivity contribution is 0.0733. The van der Waals surface area contributed by atoms with Crippen LogP contribution in [0.3, 0.4) is 0 Å². The highest BCUT2D eigenvalue weighted by Crippen LogP contribution is 2.21. The van der Waals surface area contributed by atoms with Gasteiger partial charge in [-0.25, -0.2) is 0 Å². The molecule has 2 N–H and O–H groups in total. The summed E-state index contributed by atoms with van der Waals surface area (Å²) in [6.45, 7) is 4.95. The van der Waals surface area contributed by atoms with E-state index in [1.165, 1.54) is 0 Å². The van der Waals surface area contributed by atoms with Crippen LogP contribution < -0.4 is 5.32 Å². The molecule has 2 aromatic rings. The molecule has 0 spiro atoms. The van der Waals surface area contributed by atoms with Gasteiger partial charge in [0.1, 0.15) is 0 Å². The zero-order valence-corrected chi connectivity index (χ0v) is 15.9. The smallest absolute Gasteiger partial charge is 0.274 e. The fourth-order valence-corrected chi connectivity index (χ4v) is 3.18. The summed E-state index contributed by atoms with van der Waals surface area (Å²) in [5.41, 5.74) is 3.59. The Kier molecular flexibility index (Phi) is 7.29. The van der Waals surface area contributed by atoms with E-state index in [-0.39, 0.29) is 18.3 Å². The summed E-state index contributed by atoms with van der Waals surface area (Å²) in [4.78, 5) is 14.9. The van der Waals surface area contributed by atoms with Crippen LogP contribution in [0.15, 0.2) is 24.3 Å². The molecule has 25 heavy (non-hydrogen) atoms. The van der Waals surface area contributed by atoms with Crippen LogP contribution in [0.5, 0.6) is 0 Å². The van der Waals surface area contributed by atoms with E-state index in [0.29, 0.717) is 30.4 Å². The minimum atomic E-state index is -0.0235. The van der Waals surface area contributed by atoms with Crippen LogP contribution in [-0.2, 0) is 19.5 Å². The lowest BCUT2D eigenvalue weighted by atomic mass is 10.1. The van der Waals surface area contributed by atoms with Gasteiger partial charge in [-0.3, -0.25) is 9.89 Å². The Hall–Kier alpha value is -1.56. The largest absolute Gasteiger partial charge is 0.333 e. The number of halogens is 2. The van der Waals surface area contributed by atoms with Crippen molar-refractivity contribution in [3.63, 3.8) is 0 Å². The van der Waals surface area contributed by atoms with Crippen molar-refractivity contribution >= 4 is 29.9 Å². The monoisotopic (exact) mass is 382 g/mol. The predicted molar refractivity (Wildman–Crippen MR) is 102 cm³/mol. The van der Waals surface area contributed by atoms with Gasteiger partial charge < -0.3 is 10.2 Å². The second kappa shape index (κ2) is 9.22. The number of unbranched alkanes of at least 4 members (excludes halogenated alkanes) is 1. The van der Waals surface area contributed by atoms with Crippen molar-refractivity contribution in [3.05, 3.63) is 51.8 Å². The number of hydrogen-bond acceptors (Lipinski definition) is 3. The number of carbonyl (C=O) groups excluding carboxylic acids is 1. The summed E-state index contributed by atoms with van der Waals surface area (Å²) in [5, 5.41) is 11.3. The summed E-state index contributed by atoms with van der Waals surface area (Å²) in [6, 6.07) is 7.68. The van der Waals surface area contributed by atoms with Gasteiger partial charge in [-0.05, 0) is 18.1 Å². The average Bonchev–Trinajstić information content (AvgIpc) is 3.03. The first-order chi connectivity index (χ1) is 11.7. The average molecular weight is 383 g/mol. The molecule has 2 heterocycles. The number of rotatable bonds is 6. The molecule has 0 atom stereocenters.